The monoisotopic (exact) mass is 376 g/mol. The Morgan fingerprint density at radius 1 is 1.48 bits per heavy atom. The van der Waals surface area contributed by atoms with Crippen LogP contribution in [0.1, 0.15) is 17.3 Å². The summed E-state index contributed by atoms with van der Waals surface area (Å²) in [6.07, 6.45) is 0. The molecule has 1 heterocycles. The summed E-state index contributed by atoms with van der Waals surface area (Å²) in [4.78, 5) is 22.5. The third-order valence-corrected chi connectivity index (χ3v) is 6.17. The third kappa shape index (κ3) is 2.94. The highest BCUT2D eigenvalue weighted by atomic mass is 79.9. The van der Waals surface area contributed by atoms with E-state index in [1.54, 1.807) is 0 Å². The fraction of sp³-hybridized carbons (Fsp3) is 0.333. The number of carbonyl (C=O) groups is 2. The van der Waals surface area contributed by atoms with Crippen molar-refractivity contribution in [1.29, 1.82) is 0 Å². The van der Waals surface area contributed by atoms with E-state index in [0.717, 1.165) is 10.4 Å². The van der Waals surface area contributed by atoms with E-state index in [1.807, 2.05) is 0 Å². The maximum absolute atomic E-state index is 12.7. The Morgan fingerprint density at radius 2 is 2.14 bits per heavy atom. The summed E-state index contributed by atoms with van der Waals surface area (Å²) in [5.41, 5.74) is -0.133. The second kappa shape index (κ2) is 5.74. The van der Waals surface area contributed by atoms with Gasteiger partial charge in [-0.2, -0.15) is 4.31 Å². The SMILES string of the molecule is CC1C(=O)NCCN1S(=O)(=O)c1cc(C(=O)O)ccc1Br. The Balaban J connectivity index is 2.51. The van der Waals surface area contributed by atoms with E-state index in [2.05, 4.69) is 21.2 Å². The highest BCUT2D eigenvalue weighted by Gasteiger charge is 2.36. The van der Waals surface area contributed by atoms with Crippen molar-refractivity contribution in [3.63, 3.8) is 0 Å². The topological polar surface area (TPSA) is 104 Å². The number of carbonyl (C=O) groups excluding carboxylic acids is 1. The van der Waals surface area contributed by atoms with Crippen molar-refractivity contribution in [3.05, 3.63) is 28.2 Å². The van der Waals surface area contributed by atoms with Crippen LogP contribution < -0.4 is 5.32 Å². The molecule has 0 aromatic heterocycles. The molecule has 1 fully saturated rings. The molecular weight excluding hydrogens is 364 g/mol. The molecule has 21 heavy (non-hydrogen) atoms. The van der Waals surface area contributed by atoms with E-state index in [-0.39, 0.29) is 33.9 Å². The number of piperazine rings is 1. The van der Waals surface area contributed by atoms with Gasteiger partial charge in [0.1, 0.15) is 6.04 Å². The second-order valence-corrected chi connectivity index (χ2v) is 7.25. The Bertz CT molecular complexity index is 704. The first-order valence-electron chi connectivity index (χ1n) is 6.07. The zero-order chi connectivity index (χ0) is 15.8. The van der Waals surface area contributed by atoms with Gasteiger partial charge >= 0.3 is 5.97 Å². The molecule has 0 saturated carbocycles. The quantitative estimate of drug-likeness (QED) is 0.805. The summed E-state index contributed by atoms with van der Waals surface area (Å²) in [6.45, 7) is 1.85. The lowest BCUT2D eigenvalue weighted by atomic mass is 10.2. The van der Waals surface area contributed by atoms with Crippen LogP contribution in [0.5, 0.6) is 0 Å². The van der Waals surface area contributed by atoms with E-state index in [0.29, 0.717) is 0 Å². The standard InChI is InChI=1S/C12H13BrN2O5S/c1-7-11(16)14-4-5-15(7)21(19,20)10-6-8(12(17)18)2-3-9(10)13/h2-3,6-7H,4-5H2,1H3,(H,14,16)(H,17,18). The Labute approximate surface area is 130 Å². The van der Waals surface area contributed by atoms with Crippen molar-refractivity contribution in [2.45, 2.75) is 17.9 Å². The molecule has 7 nitrogen and oxygen atoms in total. The molecule has 1 atom stereocenters. The number of rotatable bonds is 3. The molecule has 1 amide bonds. The fourth-order valence-corrected chi connectivity index (χ4v) is 4.60. The lowest BCUT2D eigenvalue weighted by molar-refractivity contribution is -0.126. The minimum atomic E-state index is -3.97. The molecule has 1 aromatic rings. The van der Waals surface area contributed by atoms with Gasteiger partial charge in [0.25, 0.3) is 0 Å². The van der Waals surface area contributed by atoms with Crippen LogP contribution in [0.4, 0.5) is 0 Å². The van der Waals surface area contributed by atoms with Crippen LogP contribution in [0, 0.1) is 0 Å². The van der Waals surface area contributed by atoms with Crippen LogP contribution in [-0.2, 0) is 14.8 Å². The summed E-state index contributed by atoms with van der Waals surface area (Å²) in [6, 6.07) is 2.91. The molecule has 0 spiro atoms. The molecule has 1 aromatic carbocycles. The van der Waals surface area contributed by atoms with Crippen molar-refractivity contribution in [1.82, 2.24) is 9.62 Å². The summed E-state index contributed by atoms with van der Waals surface area (Å²) in [5.74, 6) is -1.60. The van der Waals surface area contributed by atoms with Crippen LogP contribution >= 0.6 is 15.9 Å². The average molecular weight is 377 g/mol. The van der Waals surface area contributed by atoms with Crippen LogP contribution in [0.15, 0.2) is 27.6 Å². The average Bonchev–Trinajstić information content (AvgIpc) is 2.41. The van der Waals surface area contributed by atoms with Crippen molar-refractivity contribution in [2.75, 3.05) is 13.1 Å². The Hall–Kier alpha value is -1.45. The third-order valence-electron chi connectivity index (χ3n) is 3.21. The molecule has 1 aliphatic heterocycles. The number of benzene rings is 1. The van der Waals surface area contributed by atoms with Crippen LogP contribution in [0.25, 0.3) is 0 Å². The number of aromatic carboxylic acids is 1. The van der Waals surface area contributed by atoms with E-state index in [4.69, 9.17) is 5.11 Å². The smallest absolute Gasteiger partial charge is 0.335 e. The Morgan fingerprint density at radius 3 is 2.76 bits per heavy atom. The number of carboxylic acid groups (broad SMARTS) is 1. The minimum absolute atomic E-state index is 0.133. The van der Waals surface area contributed by atoms with E-state index < -0.39 is 22.0 Å². The summed E-state index contributed by atoms with van der Waals surface area (Å²) in [7, 11) is -3.97. The normalized spacial score (nSPS) is 20.1. The molecule has 9 heteroatoms. The van der Waals surface area contributed by atoms with Crippen molar-refractivity contribution >= 4 is 37.8 Å². The predicted molar refractivity (Wildman–Crippen MR) is 77.5 cm³/mol. The molecule has 1 saturated heterocycles. The number of hydrogen-bond donors (Lipinski definition) is 2. The highest BCUT2D eigenvalue weighted by Crippen LogP contribution is 2.28. The molecule has 0 aliphatic carbocycles. The van der Waals surface area contributed by atoms with Gasteiger partial charge in [0.2, 0.25) is 15.9 Å². The van der Waals surface area contributed by atoms with E-state index in [1.165, 1.54) is 19.1 Å². The van der Waals surface area contributed by atoms with Crippen LogP contribution in [0.3, 0.4) is 0 Å². The summed E-state index contributed by atoms with van der Waals surface area (Å²) < 4.78 is 26.6. The lowest BCUT2D eigenvalue weighted by Crippen LogP contribution is -2.55. The summed E-state index contributed by atoms with van der Waals surface area (Å²) in [5, 5.41) is 11.6. The van der Waals surface area contributed by atoms with Gasteiger partial charge in [0, 0.05) is 17.6 Å². The number of nitrogens with one attached hydrogen (secondary N) is 1. The van der Waals surface area contributed by atoms with Gasteiger partial charge in [0.15, 0.2) is 0 Å². The fourth-order valence-electron chi connectivity index (χ4n) is 2.05. The van der Waals surface area contributed by atoms with E-state index >= 15 is 0 Å². The first-order valence-corrected chi connectivity index (χ1v) is 8.31. The van der Waals surface area contributed by atoms with Gasteiger partial charge in [0.05, 0.1) is 10.5 Å². The predicted octanol–water partition coefficient (Wildman–Crippen LogP) is 0.656. The number of nitrogens with zero attached hydrogens (tertiary/aromatic N) is 1. The van der Waals surface area contributed by atoms with Gasteiger partial charge in [-0.15, -0.1) is 0 Å². The van der Waals surface area contributed by atoms with E-state index in [9.17, 15) is 18.0 Å². The van der Waals surface area contributed by atoms with Gasteiger partial charge in [-0.1, -0.05) is 0 Å². The molecule has 0 bridgehead atoms. The molecule has 1 unspecified atom stereocenters. The van der Waals surface area contributed by atoms with Crippen LogP contribution in [0.2, 0.25) is 0 Å². The maximum atomic E-state index is 12.7. The number of carboxylic acids is 1. The molecule has 114 valence electrons. The van der Waals surface area contributed by atoms with Gasteiger partial charge in [-0.25, -0.2) is 13.2 Å². The van der Waals surface area contributed by atoms with Crippen LogP contribution in [-0.4, -0.2) is 48.8 Å². The van der Waals surface area contributed by atoms with Crippen molar-refractivity contribution < 1.29 is 23.1 Å². The summed E-state index contributed by atoms with van der Waals surface area (Å²) >= 11 is 3.12. The maximum Gasteiger partial charge on any atom is 0.335 e. The highest BCUT2D eigenvalue weighted by molar-refractivity contribution is 9.10. The van der Waals surface area contributed by atoms with Crippen molar-refractivity contribution in [3.8, 4) is 0 Å². The number of halogens is 1. The van der Waals surface area contributed by atoms with Gasteiger partial charge < -0.3 is 10.4 Å². The first-order chi connectivity index (χ1) is 9.75. The van der Waals surface area contributed by atoms with Crippen molar-refractivity contribution in [2.24, 2.45) is 0 Å². The second-order valence-electron chi connectivity index (χ2n) is 4.53. The zero-order valence-corrected chi connectivity index (χ0v) is 13.4. The number of hydrogen-bond acceptors (Lipinski definition) is 4. The zero-order valence-electron chi connectivity index (χ0n) is 11.0. The lowest BCUT2D eigenvalue weighted by Gasteiger charge is -2.32. The minimum Gasteiger partial charge on any atom is -0.478 e. The van der Waals surface area contributed by atoms with Gasteiger partial charge in [-0.3, -0.25) is 4.79 Å². The first kappa shape index (κ1) is 15.9. The molecule has 0 radical (unpaired) electrons. The number of sulfonamides is 1. The Kier molecular flexibility index (Phi) is 4.35. The molecular formula is C12H13BrN2O5S. The largest absolute Gasteiger partial charge is 0.478 e. The molecule has 2 rings (SSSR count). The molecule has 1 aliphatic rings. The molecule has 2 N–H and O–H groups in total. The number of amides is 1. The van der Waals surface area contributed by atoms with Gasteiger partial charge in [-0.05, 0) is 41.1 Å².